The summed E-state index contributed by atoms with van der Waals surface area (Å²) in [6, 6.07) is 10.3. The van der Waals surface area contributed by atoms with E-state index in [-0.39, 0.29) is 18.0 Å². The number of nitrogens with zero attached hydrogens (tertiary/aromatic N) is 2. The average Bonchev–Trinajstić information content (AvgIpc) is 3.21. The van der Waals surface area contributed by atoms with Crippen LogP contribution in [0.3, 0.4) is 0 Å². The molecular weight excluding hydrogens is 330 g/mol. The highest BCUT2D eigenvalue weighted by Gasteiger charge is 2.55. The van der Waals surface area contributed by atoms with E-state index in [1.807, 2.05) is 18.2 Å². The Morgan fingerprint density at radius 3 is 2.65 bits per heavy atom. The Kier molecular flexibility index (Phi) is 4.51. The minimum absolute atomic E-state index is 0.0973. The lowest BCUT2D eigenvalue weighted by Gasteiger charge is -2.35. The van der Waals surface area contributed by atoms with Crippen molar-refractivity contribution >= 4 is 17.7 Å². The van der Waals surface area contributed by atoms with Crippen LogP contribution in [0.15, 0.2) is 30.3 Å². The summed E-state index contributed by atoms with van der Waals surface area (Å²) in [5, 5.41) is 12.8. The van der Waals surface area contributed by atoms with Gasteiger partial charge >= 0.3 is 12.0 Å². The van der Waals surface area contributed by atoms with Gasteiger partial charge in [-0.25, -0.2) is 4.79 Å². The number of amides is 2. The third-order valence-corrected chi connectivity index (χ3v) is 6.45. The molecule has 2 heterocycles. The molecule has 2 N–H and O–H groups in total. The first-order valence-electron chi connectivity index (χ1n) is 9.67. The quantitative estimate of drug-likeness (QED) is 0.872. The molecular formula is C20H27N3O3. The van der Waals surface area contributed by atoms with Crippen molar-refractivity contribution in [1.82, 2.24) is 10.2 Å². The van der Waals surface area contributed by atoms with Gasteiger partial charge < -0.3 is 20.2 Å². The molecule has 1 aromatic rings. The monoisotopic (exact) mass is 357 g/mol. The number of aliphatic carboxylic acids is 1. The molecule has 2 aliphatic heterocycles. The summed E-state index contributed by atoms with van der Waals surface area (Å²) in [5.41, 5.74) is 0.479. The summed E-state index contributed by atoms with van der Waals surface area (Å²) < 4.78 is 0. The van der Waals surface area contributed by atoms with Gasteiger partial charge in [0.1, 0.15) is 0 Å². The highest BCUT2D eigenvalue weighted by molar-refractivity contribution is 5.80. The second kappa shape index (κ2) is 6.82. The number of para-hydroxylation sites is 1. The van der Waals surface area contributed by atoms with E-state index in [0.717, 1.165) is 38.8 Å². The van der Waals surface area contributed by atoms with Gasteiger partial charge in [0, 0.05) is 37.9 Å². The molecule has 6 heteroatoms. The van der Waals surface area contributed by atoms with Crippen molar-refractivity contribution in [1.29, 1.82) is 0 Å². The van der Waals surface area contributed by atoms with Gasteiger partial charge in [0.2, 0.25) is 0 Å². The second-order valence-electron chi connectivity index (χ2n) is 8.00. The molecule has 26 heavy (non-hydrogen) atoms. The van der Waals surface area contributed by atoms with Crippen LogP contribution in [0.5, 0.6) is 0 Å². The first kappa shape index (κ1) is 17.2. The fourth-order valence-electron chi connectivity index (χ4n) is 5.03. The van der Waals surface area contributed by atoms with Crippen molar-refractivity contribution in [3.8, 4) is 0 Å². The molecule has 0 aromatic heterocycles. The normalized spacial score (nSPS) is 30.9. The van der Waals surface area contributed by atoms with Gasteiger partial charge in [0.05, 0.1) is 5.41 Å². The molecule has 140 valence electrons. The number of benzene rings is 1. The zero-order valence-electron chi connectivity index (χ0n) is 15.1. The van der Waals surface area contributed by atoms with Crippen LogP contribution in [0.1, 0.15) is 32.1 Å². The van der Waals surface area contributed by atoms with E-state index in [2.05, 4.69) is 22.3 Å². The van der Waals surface area contributed by atoms with Gasteiger partial charge in [-0.1, -0.05) is 24.6 Å². The number of piperidine rings is 1. The number of nitrogens with one attached hydrogen (secondary N) is 1. The standard InChI is InChI=1S/C20H27N3O3/c24-18(25)20-10-4-6-15(20)12-23(14-20)19(26)21-16-7-5-11-22(13-16)17-8-2-1-3-9-17/h1-3,8-9,15-16H,4-7,10-14H2,(H,21,26)(H,24,25)/t15-,16?,20+/m0/s1. The van der Waals surface area contributed by atoms with Gasteiger partial charge in [-0.15, -0.1) is 0 Å². The van der Waals surface area contributed by atoms with Gasteiger partial charge in [-0.2, -0.15) is 0 Å². The topological polar surface area (TPSA) is 72.9 Å². The number of fused-ring (bicyclic) bond motifs is 1. The van der Waals surface area contributed by atoms with Crippen molar-refractivity contribution in [2.24, 2.45) is 11.3 Å². The maximum atomic E-state index is 12.8. The van der Waals surface area contributed by atoms with Gasteiger partial charge in [-0.05, 0) is 43.7 Å². The number of likely N-dealkylation sites (tertiary alicyclic amines) is 1. The van der Waals surface area contributed by atoms with Crippen molar-refractivity contribution in [2.45, 2.75) is 38.1 Å². The van der Waals surface area contributed by atoms with Crippen LogP contribution in [0.25, 0.3) is 0 Å². The largest absolute Gasteiger partial charge is 0.481 e. The van der Waals surface area contributed by atoms with Crippen LogP contribution in [-0.4, -0.2) is 54.2 Å². The van der Waals surface area contributed by atoms with Gasteiger partial charge in [-0.3, -0.25) is 4.79 Å². The molecule has 3 atom stereocenters. The maximum absolute atomic E-state index is 12.8. The number of carboxylic acids is 1. The number of hydrogen-bond donors (Lipinski definition) is 2. The SMILES string of the molecule is O=C(NC1CCCN(c2ccccc2)C1)N1C[C@@H]2CCC[C@@]2(C(=O)O)C1. The summed E-state index contributed by atoms with van der Waals surface area (Å²) in [7, 11) is 0. The van der Waals surface area contributed by atoms with Crippen molar-refractivity contribution in [3.05, 3.63) is 30.3 Å². The number of carbonyl (C=O) groups excluding carboxylic acids is 1. The fourth-order valence-corrected chi connectivity index (χ4v) is 5.03. The van der Waals surface area contributed by atoms with Crippen molar-refractivity contribution < 1.29 is 14.7 Å². The molecule has 3 aliphatic rings. The Labute approximate surface area is 154 Å². The average molecular weight is 357 g/mol. The minimum Gasteiger partial charge on any atom is -0.481 e. The first-order valence-corrected chi connectivity index (χ1v) is 9.67. The Bertz CT molecular complexity index is 680. The lowest BCUT2D eigenvalue weighted by molar-refractivity contribution is -0.149. The van der Waals surface area contributed by atoms with Crippen LogP contribution < -0.4 is 10.2 Å². The Morgan fingerprint density at radius 2 is 1.92 bits per heavy atom. The van der Waals surface area contributed by atoms with E-state index in [1.54, 1.807) is 4.90 Å². The molecule has 6 nitrogen and oxygen atoms in total. The Morgan fingerprint density at radius 1 is 1.12 bits per heavy atom. The molecule has 1 saturated carbocycles. The molecule has 1 aromatic carbocycles. The van der Waals surface area contributed by atoms with Crippen LogP contribution in [0, 0.1) is 11.3 Å². The van der Waals surface area contributed by atoms with Crippen LogP contribution in [-0.2, 0) is 4.79 Å². The summed E-state index contributed by atoms with van der Waals surface area (Å²) >= 11 is 0. The highest BCUT2D eigenvalue weighted by atomic mass is 16.4. The second-order valence-corrected chi connectivity index (χ2v) is 8.00. The smallest absolute Gasteiger partial charge is 0.317 e. The fraction of sp³-hybridized carbons (Fsp3) is 0.600. The van der Waals surface area contributed by atoms with Gasteiger partial charge in [0.15, 0.2) is 0 Å². The van der Waals surface area contributed by atoms with E-state index in [4.69, 9.17) is 0 Å². The number of carbonyl (C=O) groups is 2. The third kappa shape index (κ3) is 3.02. The van der Waals surface area contributed by atoms with Crippen LogP contribution in [0.4, 0.5) is 10.5 Å². The molecule has 1 aliphatic carbocycles. The summed E-state index contributed by atoms with van der Waals surface area (Å²) in [5.74, 6) is -0.624. The van der Waals surface area contributed by atoms with Gasteiger partial charge in [0.25, 0.3) is 0 Å². The highest BCUT2D eigenvalue weighted by Crippen LogP contribution is 2.48. The number of hydrogen-bond acceptors (Lipinski definition) is 3. The molecule has 0 bridgehead atoms. The lowest BCUT2D eigenvalue weighted by atomic mass is 9.81. The number of anilines is 1. The van der Waals surface area contributed by atoms with Crippen molar-refractivity contribution in [3.63, 3.8) is 0 Å². The van der Waals surface area contributed by atoms with E-state index in [9.17, 15) is 14.7 Å². The number of rotatable bonds is 3. The van der Waals surface area contributed by atoms with Crippen LogP contribution in [0.2, 0.25) is 0 Å². The number of carboxylic acid groups (broad SMARTS) is 1. The predicted molar refractivity (Wildman–Crippen MR) is 99.2 cm³/mol. The minimum atomic E-state index is -0.733. The molecule has 3 fully saturated rings. The zero-order valence-corrected chi connectivity index (χ0v) is 15.1. The predicted octanol–water partition coefficient (Wildman–Crippen LogP) is 2.55. The lowest BCUT2D eigenvalue weighted by Crippen LogP contribution is -2.51. The molecule has 4 rings (SSSR count). The van der Waals surface area contributed by atoms with E-state index >= 15 is 0 Å². The number of urea groups is 1. The molecule has 1 unspecified atom stereocenters. The van der Waals surface area contributed by atoms with E-state index < -0.39 is 11.4 Å². The van der Waals surface area contributed by atoms with E-state index in [1.165, 1.54) is 5.69 Å². The first-order chi connectivity index (χ1) is 12.6. The molecule has 0 spiro atoms. The Hall–Kier alpha value is -2.24. The van der Waals surface area contributed by atoms with Crippen LogP contribution >= 0.6 is 0 Å². The summed E-state index contributed by atoms with van der Waals surface area (Å²) in [6.07, 6.45) is 4.59. The Balaban J connectivity index is 1.37. The molecule has 2 amide bonds. The summed E-state index contributed by atoms with van der Waals surface area (Å²) in [4.78, 5) is 28.6. The third-order valence-electron chi connectivity index (χ3n) is 6.45. The maximum Gasteiger partial charge on any atom is 0.317 e. The van der Waals surface area contributed by atoms with Crippen molar-refractivity contribution in [2.75, 3.05) is 31.1 Å². The zero-order chi connectivity index (χ0) is 18.1. The van der Waals surface area contributed by atoms with E-state index in [0.29, 0.717) is 19.5 Å². The molecule has 2 saturated heterocycles. The summed E-state index contributed by atoms with van der Waals surface area (Å²) in [6.45, 7) is 2.74. The molecule has 0 radical (unpaired) electrons.